The number of aromatic nitrogens is 4. The molecular formula is C23H25Cl2N7. The summed E-state index contributed by atoms with van der Waals surface area (Å²) in [7, 11) is 2.15. The summed E-state index contributed by atoms with van der Waals surface area (Å²) in [6.07, 6.45) is 5.66. The monoisotopic (exact) mass is 469 g/mol. The molecule has 9 heteroatoms. The fourth-order valence-corrected chi connectivity index (χ4v) is 4.04. The van der Waals surface area contributed by atoms with Gasteiger partial charge in [0.2, 0.25) is 0 Å². The fourth-order valence-electron chi connectivity index (χ4n) is 3.84. The summed E-state index contributed by atoms with van der Waals surface area (Å²) in [6, 6.07) is 13.8. The van der Waals surface area contributed by atoms with Crippen molar-refractivity contribution in [1.29, 1.82) is 0 Å². The molecule has 1 saturated heterocycles. The van der Waals surface area contributed by atoms with Crippen LogP contribution in [0.15, 0.2) is 61.1 Å². The molecule has 32 heavy (non-hydrogen) atoms. The number of nitrogens with zero attached hydrogens (tertiary/aromatic N) is 6. The molecule has 4 heterocycles. The van der Waals surface area contributed by atoms with Crippen LogP contribution in [0.3, 0.4) is 0 Å². The first-order chi connectivity index (χ1) is 15.2. The molecule has 4 aromatic rings. The number of benzene rings is 1. The molecule has 3 aromatic heterocycles. The maximum Gasteiger partial charge on any atom is 0.180 e. The molecule has 0 spiro atoms. The van der Waals surface area contributed by atoms with Crippen molar-refractivity contribution >= 4 is 41.3 Å². The highest BCUT2D eigenvalue weighted by molar-refractivity contribution is 6.31. The van der Waals surface area contributed by atoms with Crippen molar-refractivity contribution in [3.63, 3.8) is 0 Å². The first-order valence-electron chi connectivity index (χ1n) is 10.4. The Kier molecular flexibility index (Phi) is 6.79. The second-order valence-electron chi connectivity index (χ2n) is 7.73. The molecule has 1 N–H and O–H groups in total. The Morgan fingerprint density at radius 2 is 1.81 bits per heavy atom. The second kappa shape index (κ2) is 9.73. The molecule has 166 valence electrons. The summed E-state index contributed by atoms with van der Waals surface area (Å²) in [5.74, 6) is 1.72. The van der Waals surface area contributed by atoms with E-state index in [1.54, 1.807) is 0 Å². The molecule has 7 nitrogen and oxygen atoms in total. The van der Waals surface area contributed by atoms with Gasteiger partial charge in [-0.15, -0.1) is 12.4 Å². The Morgan fingerprint density at radius 1 is 1.00 bits per heavy atom. The molecule has 1 aromatic carbocycles. The van der Waals surface area contributed by atoms with E-state index in [1.807, 2.05) is 61.1 Å². The van der Waals surface area contributed by atoms with Gasteiger partial charge in [-0.05, 0) is 30.8 Å². The summed E-state index contributed by atoms with van der Waals surface area (Å²) < 4.78 is 2.07. The number of nitrogens with one attached hydrogen (secondary N) is 1. The van der Waals surface area contributed by atoms with Crippen LogP contribution in [-0.4, -0.2) is 57.5 Å². The molecule has 1 aliphatic rings. The Labute approximate surface area is 198 Å². The van der Waals surface area contributed by atoms with Crippen LogP contribution in [0.25, 0.3) is 17.0 Å². The average molecular weight is 470 g/mol. The summed E-state index contributed by atoms with van der Waals surface area (Å²) in [5.41, 5.74) is 3.69. The molecule has 0 bridgehead atoms. The Hall–Kier alpha value is -2.87. The van der Waals surface area contributed by atoms with E-state index in [4.69, 9.17) is 21.6 Å². The number of piperazine rings is 1. The minimum absolute atomic E-state index is 0. The minimum atomic E-state index is 0. The van der Waals surface area contributed by atoms with Crippen molar-refractivity contribution in [3.8, 4) is 11.4 Å². The number of hydrogen-bond acceptors (Lipinski definition) is 6. The summed E-state index contributed by atoms with van der Waals surface area (Å²) in [5, 5.41) is 4.12. The van der Waals surface area contributed by atoms with Crippen molar-refractivity contribution in [1.82, 2.24) is 24.3 Å². The molecular weight excluding hydrogens is 445 g/mol. The predicted octanol–water partition coefficient (Wildman–Crippen LogP) is 4.23. The third kappa shape index (κ3) is 4.50. The van der Waals surface area contributed by atoms with Crippen LogP contribution in [0.1, 0.15) is 5.56 Å². The van der Waals surface area contributed by atoms with Crippen molar-refractivity contribution < 1.29 is 0 Å². The number of rotatable bonds is 5. The highest BCUT2D eigenvalue weighted by atomic mass is 35.5. The first kappa shape index (κ1) is 22.3. The molecule has 0 saturated carbocycles. The van der Waals surface area contributed by atoms with Gasteiger partial charge in [-0.1, -0.05) is 35.9 Å². The zero-order valence-electron chi connectivity index (χ0n) is 17.8. The van der Waals surface area contributed by atoms with Crippen LogP contribution in [-0.2, 0) is 6.54 Å². The topological polar surface area (TPSA) is 61.6 Å². The van der Waals surface area contributed by atoms with Gasteiger partial charge >= 0.3 is 0 Å². The number of hydrogen-bond donors (Lipinski definition) is 1. The van der Waals surface area contributed by atoms with Gasteiger partial charge in [0.05, 0.1) is 17.6 Å². The largest absolute Gasteiger partial charge is 0.366 e. The summed E-state index contributed by atoms with van der Waals surface area (Å²) in [4.78, 5) is 18.8. The molecule has 5 rings (SSSR count). The third-order valence-electron chi connectivity index (χ3n) is 5.64. The van der Waals surface area contributed by atoms with Gasteiger partial charge in [0.15, 0.2) is 11.5 Å². The van der Waals surface area contributed by atoms with Crippen molar-refractivity contribution in [2.75, 3.05) is 43.4 Å². The number of fused-ring (bicyclic) bond motifs is 1. The highest BCUT2D eigenvalue weighted by Crippen LogP contribution is 2.26. The van der Waals surface area contributed by atoms with Crippen LogP contribution in [0, 0.1) is 0 Å². The zero-order valence-corrected chi connectivity index (χ0v) is 19.4. The summed E-state index contributed by atoms with van der Waals surface area (Å²) in [6.45, 7) is 4.56. The van der Waals surface area contributed by atoms with E-state index in [9.17, 15) is 0 Å². The van der Waals surface area contributed by atoms with Gasteiger partial charge in [0.1, 0.15) is 5.82 Å². The maximum atomic E-state index is 6.27. The van der Waals surface area contributed by atoms with E-state index >= 15 is 0 Å². The van der Waals surface area contributed by atoms with Gasteiger partial charge in [0, 0.05) is 50.1 Å². The molecule has 0 aliphatic carbocycles. The molecule has 0 unspecified atom stereocenters. The lowest BCUT2D eigenvalue weighted by Crippen LogP contribution is -2.45. The van der Waals surface area contributed by atoms with E-state index in [-0.39, 0.29) is 12.4 Å². The smallest absolute Gasteiger partial charge is 0.180 e. The standard InChI is InChI=1S/C23H24ClN7.ClH/c1-29-11-13-30(14-12-29)22-23-27-16-20(31(23)10-9-25-22)19-7-4-8-21(28-19)26-15-17-5-2-3-6-18(17)24;/h2-10,16H,11-15H2,1H3,(H,26,28);1H. The molecule has 0 radical (unpaired) electrons. The predicted molar refractivity (Wildman–Crippen MR) is 132 cm³/mol. The normalized spacial score (nSPS) is 14.4. The van der Waals surface area contributed by atoms with Crippen LogP contribution in [0.4, 0.5) is 11.6 Å². The van der Waals surface area contributed by atoms with Crippen molar-refractivity contribution in [3.05, 3.63) is 71.6 Å². The van der Waals surface area contributed by atoms with Crippen molar-refractivity contribution in [2.24, 2.45) is 0 Å². The lowest BCUT2D eigenvalue weighted by molar-refractivity contribution is 0.312. The van der Waals surface area contributed by atoms with E-state index in [0.717, 1.165) is 65.4 Å². The van der Waals surface area contributed by atoms with Crippen molar-refractivity contribution in [2.45, 2.75) is 6.54 Å². The SMILES string of the molecule is CN1CCN(c2nccn3c(-c4cccc(NCc5ccccc5Cl)n4)cnc23)CC1.Cl. The zero-order chi connectivity index (χ0) is 21.2. The quantitative estimate of drug-likeness (QED) is 0.471. The van der Waals surface area contributed by atoms with Gasteiger partial charge in [-0.25, -0.2) is 15.0 Å². The third-order valence-corrected chi connectivity index (χ3v) is 6.01. The number of anilines is 2. The Balaban J connectivity index is 0.00000245. The lowest BCUT2D eigenvalue weighted by atomic mass is 10.2. The number of imidazole rings is 1. The average Bonchev–Trinajstić information content (AvgIpc) is 3.24. The van der Waals surface area contributed by atoms with Crippen LogP contribution < -0.4 is 10.2 Å². The first-order valence-corrected chi connectivity index (χ1v) is 10.8. The molecule has 1 fully saturated rings. The second-order valence-corrected chi connectivity index (χ2v) is 8.14. The maximum absolute atomic E-state index is 6.27. The number of pyridine rings is 1. The van der Waals surface area contributed by atoms with E-state index in [1.165, 1.54) is 0 Å². The lowest BCUT2D eigenvalue weighted by Gasteiger charge is -2.33. The van der Waals surface area contributed by atoms with Gasteiger partial charge in [-0.2, -0.15) is 0 Å². The highest BCUT2D eigenvalue weighted by Gasteiger charge is 2.20. The number of likely N-dealkylation sites (N-methyl/N-ethyl adjacent to an activating group) is 1. The van der Waals surface area contributed by atoms with Crippen LogP contribution >= 0.6 is 24.0 Å². The Morgan fingerprint density at radius 3 is 2.62 bits per heavy atom. The van der Waals surface area contributed by atoms with Gasteiger partial charge in [0.25, 0.3) is 0 Å². The molecule has 1 aliphatic heterocycles. The molecule has 0 amide bonds. The summed E-state index contributed by atoms with van der Waals surface area (Å²) >= 11 is 6.27. The van der Waals surface area contributed by atoms with Gasteiger partial charge < -0.3 is 15.1 Å². The Bertz CT molecular complexity index is 1200. The van der Waals surface area contributed by atoms with Crippen LogP contribution in [0.2, 0.25) is 5.02 Å². The van der Waals surface area contributed by atoms with E-state index in [2.05, 4.69) is 31.5 Å². The van der Waals surface area contributed by atoms with Gasteiger partial charge in [-0.3, -0.25) is 4.40 Å². The molecule has 0 atom stereocenters. The van der Waals surface area contributed by atoms with E-state index < -0.39 is 0 Å². The van der Waals surface area contributed by atoms with E-state index in [0.29, 0.717) is 6.54 Å². The van der Waals surface area contributed by atoms with Crippen LogP contribution in [0.5, 0.6) is 0 Å². The minimum Gasteiger partial charge on any atom is -0.366 e. The number of halogens is 2. The fraction of sp³-hybridized carbons (Fsp3) is 0.261.